The lowest BCUT2D eigenvalue weighted by Crippen LogP contribution is -2.53. The van der Waals surface area contributed by atoms with Crippen LogP contribution in [0.15, 0.2) is 53.3 Å². The van der Waals surface area contributed by atoms with Crippen LogP contribution in [0.5, 0.6) is 5.75 Å². The summed E-state index contributed by atoms with van der Waals surface area (Å²) in [7, 11) is 0. The van der Waals surface area contributed by atoms with Gasteiger partial charge in [0, 0.05) is 31.0 Å². The van der Waals surface area contributed by atoms with Gasteiger partial charge in [0.15, 0.2) is 5.69 Å². The Morgan fingerprint density at radius 2 is 1.76 bits per heavy atom. The minimum Gasteiger partial charge on any atom is -0.490 e. The van der Waals surface area contributed by atoms with E-state index < -0.39 is 17.5 Å². The molecule has 1 saturated carbocycles. The number of para-hydroxylation sites is 2. The maximum absolute atomic E-state index is 13.3. The quantitative estimate of drug-likeness (QED) is 0.564. The summed E-state index contributed by atoms with van der Waals surface area (Å²) in [5.41, 5.74) is 0.275. The van der Waals surface area contributed by atoms with Crippen molar-refractivity contribution in [2.75, 3.05) is 13.1 Å². The van der Waals surface area contributed by atoms with Crippen LogP contribution in [-0.4, -0.2) is 51.9 Å². The molecule has 1 atom stereocenters. The largest absolute Gasteiger partial charge is 0.490 e. The molecule has 1 aliphatic carbocycles. The second-order valence-electron chi connectivity index (χ2n) is 8.82. The molecular weight excluding hydrogens is 456 g/mol. The maximum Gasteiger partial charge on any atom is 0.280 e. The first kappa shape index (κ1) is 22.4. The number of ether oxygens (including phenoxy) is 1. The number of nitrogens with zero attached hydrogens (tertiary/aromatic N) is 2. The third kappa shape index (κ3) is 4.92. The van der Waals surface area contributed by atoms with Crippen molar-refractivity contribution >= 4 is 34.4 Å². The van der Waals surface area contributed by atoms with Crippen molar-refractivity contribution < 1.29 is 14.3 Å². The topological polar surface area (TPSA) is 104 Å². The predicted molar refractivity (Wildman–Crippen MR) is 128 cm³/mol. The molecule has 1 saturated heterocycles. The lowest BCUT2D eigenvalue weighted by Gasteiger charge is -2.34. The van der Waals surface area contributed by atoms with Gasteiger partial charge >= 0.3 is 0 Å². The molecule has 1 aromatic heterocycles. The van der Waals surface area contributed by atoms with Gasteiger partial charge in [-0.3, -0.25) is 14.4 Å². The van der Waals surface area contributed by atoms with Gasteiger partial charge in [-0.05, 0) is 55.2 Å². The van der Waals surface area contributed by atoms with Gasteiger partial charge in [0.1, 0.15) is 17.9 Å². The average Bonchev–Trinajstić information content (AvgIpc) is 3.69. The summed E-state index contributed by atoms with van der Waals surface area (Å²) >= 11 is 5.93. The number of rotatable bonds is 6. The van der Waals surface area contributed by atoms with Crippen LogP contribution in [0.3, 0.4) is 0 Å². The fourth-order valence-corrected chi connectivity index (χ4v) is 4.43. The van der Waals surface area contributed by atoms with Gasteiger partial charge in [0.2, 0.25) is 5.91 Å². The third-order valence-corrected chi connectivity index (χ3v) is 6.58. The summed E-state index contributed by atoms with van der Waals surface area (Å²) in [5.74, 6) is 0.0978. The molecule has 0 radical (unpaired) electrons. The number of likely N-dealkylation sites (tertiary alicyclic amines) is 1. The first-order chi connectivity index (χ1) is 16.5. The molecule has 0 spiro atoms. The predicted octanol–water partition coefficient (Wildman–Crippen LogP) is 3.15. The fourth-order valence-electron chi connectivity index (χ4n) is 4.30. The van der Waals surface area contributed by atoms with Crippen LogP contribution in [0.2, 0.25) is 5.02 Å². The zero-order valence-corrected chi connectivity index (χ0v) is 19.3. The second-order valence-corrected chi connectivity index (χ2v) is 9.25. The van der Waals surface area contributed by atoms with Crippen LogP contribution in [0.1, 0.15) is 36.2 Å². The van der Waals surface area contributed by atoms with E-state index in [1.807, 2.05) is 12.1 Å². The van der Waals surface area contributed by atoms with Crippen LogP contribution in [-0.2, 0) is 4.79 Å². The number of halogens is 1. The number of H-pyrrole nitrogens is 1. The van der Waals surface area contributed by atoms with Crippen LogP contribution in [0, 0.1) is 5.92 Å². The minimum absolute atomic E-state index is 0.0135. The van der Waals surface area contributed by atoms with Crippen LogP contribution in [0.4, 0.5) is 0 Å². The summed E-state index contributed by atoms with van der Waals surface area (Å²) in [6, 6.07) is 13.6. The first-order valence-electron chi connectivity index (χ1n) is 11.5. The molecule has 176 valence electrons. The molecule has 0 unspecified atom stereocenters. The summed E-state index contributed by atoms with van der Waals surface area (Å²) in [5, 5.41) is 3.45. The highest BCUT2D eigenvalue weighted by Crippen LogP contribution is 2.34. The number of carbonyl (C=O) groups excluding carboxylic acids is 2. The van der Waals surface area contributed by atoms with Gasteiger partial charge in [-0.25, -0.2) is 4.98 Å². The smallest absolute Gasteiger partial charge is 0.280 e. The van der Waals surface area contributed by atoms with Gasteiger partial charge in [0.25, 0.3) is 11.5 Å². The summed E-state index contributed by atoms with van der Waals surface area (Å²) in [4.78, 5) is 47.3. The summed E-state index contributed by atoms with van der Waals surface area (Å²) in [6.07, 6.45) is 3.15. The molecule has 1 aliphatic heterocycles. The number of fused-ring (bicyclic) bond motifs is 1. The van der Waals surface area contributed by atoms with E-state index in [0.717, 1.165) is 18.6 Å². The Bertz CT molecular complexity index is 1260. The number of amides is 2. The Morgan fingerprint density at radius 3 is 2.47 bits per heavy atom. The molecule has 2 aliphatic rings. The number of aromatic amines is 1. The number of piperidine rings is 1. The molecule has 5 rings (SSSR count). The van der Waals surface area contributed by atoms with Gasteiger partial charge in [-0.15, -0.1) is 0 Å². The van der Waals surface area contributed by atoms with Gasteiger partial charge in [0.05, 0.1) is 11.0 Å². The zero-order valence-electron chi connectivity index (χ0n) is 18.5. The van der Waals surface area contributed by atoms with Crippen molar-refractivity contribution in [3.8, 4) is 5.75 Å². The highest BCUT2D eigenvalue weighted by atomic mass is 35.5. The van der Waals surface area contributed by atoms with Gasteiger partial charge in [-0.1, -0.05) is 23.7 Å². The molecule has 2 N–H and O–H groups in total. The molecule has 34 heavy (non-hydrogen) atoms. The minimum atomic E-state index is -0.658. The standard InChI is InChI=1S/C25H25ClN4O4/c26-16-7-9-17(10-8-16)34-18-11-13-30(14-12-18)25(33)21(15-5-6-15)29-24(32)22-23(31)28-20-4-2-1-3-19(20)27-22/h1-4,7-10,15,18,21H,5-6,11-14H2,(H,28,31)(H,29,32)/t21-/m0/s1. The molecule has 2 aromatic carbocycles. The molecule has 3 aromatic rings. The second kappa shape index (κ2) is 9.46. The van der Waals surface area contributed by atoms with E-state index in [0.29, 0.717) is 42.0 Å². The maximum atomic E-state index is 13.3. The Kier molecular flexibility index (Phi) is 6.24. The number of nitrogens with one attached hydrogen (secondary N) is 2. The molecule has 8 nitrogen and oxygen atoms in total. The highest BCUT2D eigenvalue weighted by molar-refractivity contribution is 6.30. The van der Waals surface area contributed by atoms with E-state index in [2.05, 4.69) is 15.3 Å². The fraction of sp³-hybridized carbons (Fsp3) is 0.360. The Hall–Kier alpha value is -3.39. The average molecular weight is 481 g/mol. The van der Waals surface area contributed by atoms with Gasteiger partial charge < -0.3 is 19.9 Å². The van der Waals surface area contributed by atoms with Crippen molar-refractivity contribution in [3.63, 3.8) is 0 Å². The summed E-state index contributed by atoms with van der Waals surface area (Å²) < 4.78 is 6.02. The van der Waals surface area contributed by atoms with Crippen molar-refractivity contribution in [2.24, 2.45) is 5.92 Å². The zero-order chi connectivity index (χ0) is 23.7. The Balaban J connectivity index is 1.23. The normalized spacial score (nSPS) is 17.4. The van der Waals surface area contributed by atoms with Crippen molar-refractivity contribution in [2.45, 2.75) is 37.8 Å². The highest BCUT2D eigenvalue weighted by Gasteiger charge is 2.40. The van der Waals surface area contributed by atoms with Crippen LogP contribution < -0.4 is 15.6 Å². The Morgan fingerprint density at radius 1 is 1.06 bits per heavy atom. The monoisotopic (exact) mass is 480 g/mol. The van der Waals surface area contributed by atoms with E-state index >= 15 is 0 Å². The van der Waals surface area contributed by atoms with E-state index in [9.17, 15) is 14.4 Å². The van der Waals surface area contributed by atoms with E-state index in [-0.39, 0.29) is 23.6 Å². The lowest BCUT2D eigenvalue weighted by atomic mass is 10.0. The van der Waals surface area contributed by atoms with Crippen molar-refractivity contribution in [1.29, 1.82) is 0 Å². The van der Waals surface area contributed by atoms with Crippen LogP contribution in [0.25, 0.3) is 11.0 Å². The van der Waals surface area contributed by atoms with E-state index in [4.69, 9.17) is 16.3 Å². The number of hydrogen-bond donors (Lipinski definition) is 2. The SMILES string of the molecule is O=C(N[C@H](C(=O)N1CCC(Oc2ccc(Cl)cc2)CC1)C1CC1)c1nc2ccccc2[nH]c1=O. The molecule has 2 fully saturated rings. The molecule has 2 heterocycles. The number of carbonyl (C=O) groups is 2. The van der Waals surface area contributed by atoms with Crippen molar-refractivity contribution in [1.82, 2.24) is 20.2 Å². The Labute approximate surface area is 201 Å². The first-order valence-corrected chi connectivity index (χ1v) is 11.9. The summed E-state index contributed by atoms with van der Waals surface area (Å²) in [6.45, 7) is 1.09. The lowest BCUT2D eigenvalue weighted by molar-refractivity contribution is -0.135. The number of benzene rings is 2. The molecule has 9 heteroatoms. The molecule has 0 bridgehead atoms. The molecular formula is C25H25ClN4O4. The van der Waals surface area contributed by atoms with E-state index in [1.165, 1.54) is 0 Å². The van der Waals surface area contributed by atoms with Crippen molar-refractivity contribution in [3.05, 3.63) is 69.6 Å². The molecule has 2 amide bonds. The third-order valence-electron chi connectivity index (χ3n) is 6.33. The van der Waals surface area contributed by atoms with E-state index in [1.54, 1.807) is 41.3 Å². The van der Waals surface area contributed by atoms with Gasteiger partial charge in [-0.2, -0.15) is 0 Å². The number of aromatic nitrogens is 2. The van der Waals surface area contributed by atoms with Crippen LogP contribution >= 0.6 is 11.6 Å². The number of hydrogen-bond acceptors (Lipinski definition) is 5.